The first-order valence-corrected chi connectivity index (χ1v) is 3.47. The Balaban J connectivity index is 2.69. The Kier molecular flexibility index (Phi) is 2.66. The third kappa shape index (κ3) is 2.08. The Morgan fingerprint density at radius 3 is 2.55 bits per heavy atom. The molecule has 1 radical (unpaired) electrons. The highest BCUT2D eigenvalue weighted by atomic mass is 16.1. The van der Waals surface area contributed by atoms with Crippen molar-refractivity contribution in [2.75, 3.05) is 6.54 Å². The van der Waals surface area contributed by atoms with E-state index in [1.807, 2.05) is 18.2 Å². The van der Waals surface area contributed by atoms with Gasteiger partial charge in [0, 0.05) is 12.1 Å². The summed E-state index contributed by atoms with van der Waals surface area (Å²) in [5.74, 6) is -0.0689. The maximum Gasteiger partial charge on any atom is 0.251 e. The largest absolute Gasteiger partial charge is 0.352 e. The maximum absolute atomic E-state index is 11.1. The molecule has 0 aliphatic rings. The zero-order valence-corrected chi connectivity index (χ0v) is 6.21. The number of hydrogen-bond donors (Lipinski definition) is 1. The summed E-state index contributed by atoms with van der Waals surface area (Å²) in [5, 5.41) is 2.61. The summed E-state index contributed by atoms with van der Waals surface area (Å²) in [6, 6.07) is 9.08. The number of amides is 1. The molecule has 1 amide bonds. The molecule has 0 heterocycles. The lowest BCUT2D eigenvalue weighted by atomic mass is 10.2. The van der Waals surface area contributed by atoms with Crippen molar-refractivity contribution in [2.24, 2.45) is 0 Å². The van der Waals surface area contributed by atoms with Gasteiger partial charge in [0.15, 0.2) is 0 Å². The Labute approximate surface area is 66.2 Å². The Bertz CT molecular complexity index is 231. The topological polar surface area (TPSA) is 29.1 Å². The lowest BCUT2D eigenvalue weighted by Crippen LogP contribution is -2.22. The van der Waals surface area contributed by atoms with E-state index < -0.39 is 0 Å². The van der Waals surface area contributed by atoms with Crippen LogP contribution in [-0.4, -0.2) is 12.5 Å². The predicted molar refractivity (Wildman–Crippen MR) is 44.1 cm³/mol. The van der Waals surface area contributed by atoms with Crippen LogP contribution in [0.1, 0.15) is 10.4 Å². The molecule has 0 unspecified atom stereocenters. The molecule has 0 spiro atoms. The number of carbonyl (C=O) groups excluding carboxylic acids is 1. The van der Waals surface area contributed by atoms with Gasteiger partial charge in [-0.05, 0) is 19.1 Å². The van der Waals surface area contributed by atoms with E-state index in [2.05, 4.69) is 12.2 Å². The minimum absolute atomic E-state index is 0.0689. The molecule has 0 atom stereocenters. The number of rotatable bonds is 2. The van der Waals surface area contributed by atoms with Crippen LogP contribution in [0.3, 0.4) is 0 Å². The molecule has 11 heavy (non-hydrogen) atoms. The molecule has 1 aromatic rings. The molecule has 1 N–H and O–H groups in total. The van der Waals surface area contributed by atoms with Crippen molar-refractivity contribution in [3.05, 3.63) is 42.8 Å². The number of nitrogens with one attached hydrogen (secondary N) is 1. The van der Waals surface area contributed by atoms with Crippen LogP contribution < -0.4 is 5.32 Å². The summed E-state index contributed by atoms with van der Waals surface area (Å²) < 4.78 is 0. The van der Waals surface area contributed by atoms with Crippen LogP contribution in [0, 0.1) is 6.92 Å². The zero-order valence-electron chi connectivity index (χ0n) is 6.21. The Morgan fingerprint density at radius 1 is 1.36 bits per heavy atom. The second-order valence-corrected chi connectivity index (χ2v) is 2.12. The standard InChI is InChI=1S/C9H10NO/c1-2-10-9(11)8-6-4-3-5-7-8/h3-7H,1-2H2,(H,10,11). The van der Waals surface area contributed by atoms with E-state index in [9.17, 15) is 4.79 Å². The normalized spacial score (nSPS) is 9.18. The highest BCUT2D eigenvalue weighted by Gasteiger charge is 1.99. The molecule has 0 bridgehead atoms. The quantitative estimate of drug-likeness (QED) is 0.672. The highest BCUT2D eigenvalue weighted by Crippen LogP contribution is 1.96. The van der Waals surface area contributed by atoms with Gasteiger partial charge in [-0.1, -0.05) is 18.2 Å². The monoisotopic (exact) mass is 148 g/mol. The van der Waals surface area contributed by atoms with Crippen LogP contribution in [0.2, 0.25) is 0 Å². The minimum Gasteiger partial charge on any atom is -0.352 e. The first kappa shape index (κ1) is 7.79. The summed E-state index contributed by atoms with van der Waals surface area (Å²) in [6.45, 7) is 3.94. The molecule has 0 aliphatic heterocycles. The summed E-state index contributed by atoms with van der Waals surface area (Å²) in [4.78, 5) is 11.1. The second-order valence-electron chi connectivity index (χ2n) is 2.12. The van der Waals surface area contributed by atoms with Crippen molar-refractivity contribution >= 4 is 5.91 Å². The van der Waals surface area contributed by atoms with E-state index in [-0.39, 0.29) is 5.91 Å². The highest BCUT2D eigenvalue weighted by molar-refractivity contribution is 5.94. The van der Waals surface area contributed by atoms with E-state index in [1.54, 1.807) is 12.1 Å². The molecule has 0 fully saturated rings. The second kappa shape index (κ2) is 3.76. The van der Waals surface area contributed by atoms with Gasteiger partial charge in [-0.3, -0.25) is 4.79 Å². The third-order valence-electron chi connectivity index (χ3n) is 1.32. The first-order valence-electron chi connectivity index (χ1n) is 3.47. The van der Waals surface area contributed by atoms with Gasteiger partial charge in [0.25, 0.3) is 5.91 Å². The molecule has 0 saturated carbocycles. The van der Waals surface area contributed by atoms with Gasteiger partial charge in [0.2, 0.25) is 0 Å². The average molecular weight is 148 g/mol. The van der Waals surface area contributed by atoms with Crippen molar-refractivity contribution in [1.29, 1.82) is 0 Å². The molecular weight excluding hydrogens is 138 g/mol. The molecule has 2 nitrogen and oxygen atoms in total. The van der Waals surface area contributed by atoms with Crippen molar-refractivity contribution < 1.29 is 4.79 Å². The van der Waals surface area contributed by atoms with Crippen molar-refractivity contribution in [3.63, 3.8) is 0 Å². The van der Waals surface area contributed by atoms with Crippen molar-refractivity contribution in [2.45, 2.75) is 0 Å². The van der Waals surface area contributed by atoms with E-state index in [4.69, 9.17) is 0 Å². The number of hydrogen-bond acceptors (Lipinski definition) is 1. The van der Waals surface area contributed by atoms with Gasteiger partial charge in [-0.15, -0.1) is 0 Å². The Hall–Kier alpha value is -1.31. The van der Waals surface area contributed by atoms with Crippen LogP contribution in [0.25, 0.3) is 0 Å². The van der Waals surface area contributed by atoms with Crippen molar-refractivity contribution in [3.8, 4) is 0 Å². The predicted octanol–water partition coefficient (Wildman–Crippen LogP) is 1.25. The molecule has 1 aromatic carbocycles. The zero-order chi connectivity index (χ0) is 8.10. The number of benzene rings is 1. The summed E-state index contributed by atoms with van der Waals surface area (Å²) in [5.41, 5.74) is 0.677. The van der Waals surface area contributed by atoms with Gasteiger partial charge in [-0.25, -0.2) is 0 Å². The lowest BCUT2D eigenvalue weighted by Gasteiger charge is -1.99. The maximum atomic E-state index is 11.1. The lowest BCUT2D eigenvalue weighted by molar-refractivity contribution is 0.0958. The van der Waals surface area contributed by atoms with Gasteiger partial charge in [0.1, 0.15) is 0 Å². The fraction of sp³-hybridized carbons (Fsp3) is 0.111. The minimum atomic E-state index is -0.0689. The first-order chi connectivity index (χ1) is 5.34. The van der Waals surface area contributed by atoms with E-state index in [0.717, 1.165) is 0 Å². The van der Waals surface area contributed by atoms with E-state index in [1.165, 1.54) is 0 Å². The molecule has 0 aromatic heterocycles. The summed E-state index contributed by atoms with van der Waals surface area (Å²) in [6.07, 6.45) is 0. The molecular formula is C9H10NO. The van der Waals surface area contributed by atoms with Gasteiger partial charge < -0.3 is 5.32 Å². The molecule has 1 rings (SSSR count). The van der Waals surface area contributed by atoms with Gasteiger partial charge >= 0.3 is 0 Å². The van der Waals surface area contributed by atoms with Crippen LogP contribution in [0.15, 0.2) is 30.3 Å². The fourth-order valence-corrected chi connectivity index (χ4v) is 0.805. The summed E-state index contributed by atoms with van der Waals surface area (Å²) in [7, 11) is 0. The van der Waals surface area contributed by atoms with Crippen molar-refractivity contribution in [1.82, 2.24) is 5.32 Å². The van der Waals surface area contributed by atoms with Crippen LogP contribution in [0.5, 0.6) is 0 Å². The van der Waals surface area contributed by atoms with E-state index in [0.29, 0.717) is 12.1 Å². The average Bonchev–Trinajstić information content (AvgIpc) is 2.07. The molecule has 0 saturated heterocycles. The van der Waals surface area contributed by atoms with Gasteiger partial charge in [-0.2, -0.15) is 0 Å². The van der Waals surface area contributed by atoms with E-state index >= 15 is 0 Å². The van der Waals surface area contributed by atoms with Crippen LogP contribution in [-0.2, 0) is 0 Å². The Morgan fingerprint density at radius 2 is 2.00 bits per heavy atom. The summed E-state index contributed by atoms with van der Waals surface area (Å²) >= 11 is 0. The van der Waals surface area contributed by atoms with Crippen LogP contribution in [0.4, 0.5) is 0 Å². The third-order valence-corrected chi connectivity index (χ3v) is 1.32. The SMILES string of the molecule is [CH2]CNC(=O)c1ccccc1. The van der Waals surface area contributed by atoms with Gasteiger partial charge in [0.05, 0.1) is 0 Å². The number of carbonyl (C=O) groups is 1. The molecule has 0 aliphatic carbocycles. The van der Waals surface area contributed by atoms with Crippen LogP contribution >= 0.6 is 0 Å². The smallest absolute Gasteiger partial charge is 0.251 e. The fourth-order valence-electron chi connectivity index (χ4n) is 0.805. The molecule has 57 valence electrons. The molecule has 2 heteroatoms.